The minimum absolute atomic E-state index is 0.0807. The first-order valence-electron chi connectivity index (χ1n) is 10.4. The maximum atomic E-state index is 12.6. The van der Waals surface area contributed by atoms with E-state index in [1.807, 2.05) is 23.2 Å². The van der Waals surface area contributed by atoms with Crippen LogP contribution in [0.5, 0.6) is 0 Å². The Morgan fingerprint density at radius 2 is 2.13 bits per heavy atom. The van der Waals surface area contributed by atoms with Crippen LogP contribution in [0.1, 0.15) is 29.8 Å². The first kappa shape index (κ1) is 22.7. The second-order valence-electron chi connectivity index (χ2n) is 7.54. The van der Waals surface area contributed by atoms with Gasteiger partial charge in [-0.3, -0.25) is 0 Å². The number of nitrogens with two attached hydrogens (primary N) is 1. The molecule has 2 amide bonds. The Kier molecular flexibility index (Phi) is 7.61. The van der Waals surface area contributed by atoms with Crippen molar-refractivity contribution in [1.82, 2.24) is 20.1 Å². The molecule has 0 spiro atoms. The normalized spacial score (nSPS) is 17.8. The van der Waals surface area contributed by atoms with Crippen molar-refractivity contribution < 1.29 is 19.4 Å². The van der Waals surface area contributed by atoms with Crippen LogP contribution in [-0.2, 0) is 17.7 Å². The quantitative estimate of drug-likeness (QED) is 0.528. The van der Waals surface area contributed by atoms with Crippen LogP contribution in [0.4, 0.5) is 10.6 Å². The van der Waals surface area contributed by atoms with Gasteiger partial charge in [0, 0.05) is 25.7 Å². The van der Waals surface area contributed by atoms with Crippen LogP contribution in [0.15, 0.2) is 36.5 Å². The number of amides is 2. The van der Waals surface area contributed by atoms with Crippen LogP contribution >= 0.6 is 0 Å². The fourth-order valence-electron chi connectivity index (χ4n) is 3.74. The summed E-state index contributed by atoms with van der Waals surface area (Å²) in [5, 5.41) is 20.6. The van der Waals surface area contributed by atoms with Gasteiger partial charge in [0.1, 0.15) is 5.56 Å². The molecule has 1 aromatic heterocycles. The molecule has 2 heterocycles. The summed E-state index contributed by atoms with van der Waals surface area (Å²) in [6.45, 7) is 5.23. The van der Waals surface area contributed by atoms with E-state index in [9.17, 15) is 14.7 Å². The Hall–Kier alpha value is -2.95. The SMILES string of the molecule is CCOC(=O)c1cnn(CC(C)O)c1N(C(N)=O)N1CCNC(Cc2ccccc2)C1. The summed E-state index contributed by atoms with van der Waals surface area (Å²) in [7, 11) is 0. The zero-order chi connectivity index (χ0) is 22.4. The van der Waals surface area contributed by atoms with E-state index in [0.29, 0.717) is 19.6 Å². The van der Waals surface area contributed by atoms with E-state index in [4.69, 9.17) is 10.5 Å². The highest BCUT2D eigenvalue weighted by molar-refractivity contribution is 6.00. The molecule has 3 rings (SSSR count). The van der Waals surface area contributed by atoms with Crippen molar-refractivity contribution in [2.45, 2.75) is 39.0 Å². The van der Waals surface area contributed by atoms with Crippen molar-refractivity contribution in [1.29, 1.82) is 0 Å². The highest BCUT2D eigenvalue weighted by Crippen LogP contribution is 2.25. The Bertz CT molecular complexity index is 885. The number of hydrogen-bond acceptors (Lipinski definition) is 7. The van der Waals surface area contributed by atoms with E-state index >= 15 is 0 Å². The Labute approximate surface area is 181 Å². The van der Waals surface area contributed by atoms with Gasteiger partial charge in [-0.15, -0.1) is 0 Å². The number of benzene rings is 1. The number of carbonyl (C=O) groups excluding carboxylic acids is 2. The highest BCUT2D eigenvalue weighted by Gasteiger charge is 2.34. The number of aliphatic hydroxyl groups is 1. The molecule has 2 aromatic rings. The summed E-state index contributed by atoms with van der Waals surface area (Å²) >= 11 is 0. The lowest BCUT2D eigenvalue weighted by molar-refractivity contribution is 0.0525. The molecule has 31 heavy (non-hydrogen) atoms. The number of ether oxygens (including phenoxy) is 1. The zero-order valence-corrected chi connectivity index (χ0v) is 17.9. The lowest BCUT2D eigenvalue weighted by atomic mass is 10.0. The fraction of sp³-hybridized carbons (Fsp3) is 0.476. The van der Waals surface area contributed by atoms with Crippen molar-refractivity contribution in [3.8, 4) is 0 Å². The van der Waals surface area contributed by atoms with Gasteiger partial charge in [0.05, 0.1) is 25.5 Å². The summed E-state index contributed by atoms with van der Waals surface area (Å²) in [6.07, 6.45) is 1.38. The van der Waals surface area contributed by atoms with Crippen LogP contribution in [0.3, 0.4) is 0 Å². The molecular formula is C21H30N6O4. The molecule has 2 unspecified atom stereocenters. The van der Waals surface area contributed by atoms with E-state index < -0.39 is 18.1 Å². The molecule has 1 aromatic carbocycles. The molecule has 1 saturated heterocycles. The molecule has 4 N–H and O–H groups in total. The van der Waals surface area contributed by atoms with Gasteiger partial charge in [0.2, 0.25) is 0 Å². The smallest absolute Gasteiger partial charge is 0.343 e. The average Bonchev–Trinajstić information content (AvgIpc) is 3.12. The van der Waals surface area contributed by atoms with Crippen LogP contribution in [-0.4, -0.2) is 70.3 Å². The van der Waals surface area contributed by atoms with E-state index in [-0.39, 0.29) is 30.6 Å². The Morgan fingerprint density at radius 1 is 1.39 bits per heavy atom. The number of esters is 1. The molecule has 10 heteroatoms. The third-order valence-electron chi connectivity index (χ3n) is 5.00. The number of aromatic nitrogens is 2. The van der Waals surface area contributed by atoms with Crippen molar-refractivity contribution in [3.63, 3.8) is 0 Å². The maximum absolute atomic E-state index is 12.6. The zero-order valence-electron chi connectivity index (χ0n) is 17.9. The topological polar surface area (TPSA) is 126 Å². The number of aliphatic hydroxyl groups excluding tert-OH is 1. The second-order valence-corrected chi connectivity index (χ2v) is 7.54. The first-order valence-corrected chi connectivity index (χ1v) is 10.4. The van der Waals surface area contributed by atoms with Gasteiger partial charge in [-0.05, 0) is 25.8 Å². The van der Waals surface area contributed by atoms with Crippen LogP contribution in [0.25, 0.3) is 0 Å². The van der Waals surface area contributed by atoms with E-state index in [1.54, 1.807) is 13.8 Å². The standard InChI is InChI=1S/C21H30N6O4/c1-3-31-20(29)18-12-24-26(13-15(2)28)19(18)27(21(22)30)25-10-9-23-17(14-25)11-16-7-5-4-6-8-16/h4-8,12,15,17,23,28H,3,9-11,13-14H2,1-2H3,(H2,22,30). The molecule has 0 saturated carbocycles. The molecule has 0 bridgehead atoms. The number of rotatable bonds is 8. The number of carbonyl (C=O) groups is 2. The molecule has 168 valence electrons. The first-order chi connectivity index (χ1) is 14.9. The molecule has 1 fully saturated rings. The number of anilines is 1. The van der Waals surface area contributed by atoms with E-state index in [2.05, 4.69) is 22.5 Å². The second kappa shape index (κ2) is 10.4. The average molecular weight is 431 g/mol. The predicted molar refractivity (Wildman–Crippen MR) is 115 cm³/mol. The molecule has 2 atom stereocenters. The number of hydrazine groups is 1. The molecule has 0 radical (unpaired) electrons. The number of hydrogen-bond donors (Lipinski definition) is 3. The number of urea groups is 1. The van der Waals surface area contributed by atoms with Crippen molar-refractivity contribution >= 4 is 17.8 Å². The molecule has 1 aliphatic heterocycles. The van der Waals surface area contributed by atoms with Gasteiger partial charge in [-0.25, -0.2) is 24.3 Å². The Morgan fingerprint density at radius 3 is 2.77 bits per heavy atom. The monoisotopic (exact) mass is 430 g/mol. The maximum Gasteiger partial charge on any atom is 0.343 e. The summed E-state index contributed by atoms with van der Waals surface area (Å²) in [5.41, 5.74) is 7.07. The highest BCUT2D eigenvalue weighted by atomic mass is 16.5. The molecule has 0 aliphatic carbocycles. The van der Waals surface area contributed by atoms with Gasteiger partial charge in [0.15, 0.2) is 5.82 Å². The molecular weight excluding hydrogens is 400 g/mol. The fourth-order valence-corrected chi connectivity index (χ4v) is 3.74. The largest absolute Gasteiger partial charge is 0.462 e. The van der Waals surface area contributed by atoms with Crippen molar-refractivity contribution in [3.05, 3.63) is 47.7 Å². The molecule has 10 nitrogen and oxygen atoms in total. The number of primary amides is 1. The lowest BCUT2D eigenvalue weighted by Crippen LogP contribution is -2.61. The van der Waals surface area contributed by atoms with Gasteiger partial charge in [0.25, 0.3) is 0 Å². The minimum atomic E-state index is -0.739. The van der Waals surface area contributed by atoms with Crippen molar-refractivity contribution in [2.24, 2.45) is 5.73 Å². The van der Waals surface area contributed by atoms with Crippen LogP contribution in [0, 0.1) is 0 Å². The summed E-state index contributed by atoms with van der Waals surface area (Å²) in [5.74, 6) is -0.399. The molecule has 1 aliphatic rings. The number of piperazine rings is 1. The number of nitrogens with zero attached hydrogens (tertiary/aromatic N) is 4. The predicted octanol–water partition coefficient (Wildman–Crippen LogP) is 0.757. The van der Waals surface area contributed by atoms with Gasteiger partial charge < -0.3 is 20.9 Å². The van der Waals surface area contributed by atoms with Crippen molar-refractivity contribution in [2.75, 3.05) is 31.3 Å². The third-order valence-corrected chi connectivity index (χ3v) is 5.00. The van der Waals surface area contributed by atoms with E-state index in [1.165, 1.54) is 21.5 Å². The third kappa shape index (κ3) is 5.60. The summed E-state index contributed by atoms with van der Waals surface area (Å²) in [6, 6.07) is 9.42. The van der Waals surface area contributed by atoms with E-state index in [0.717, 1.165) is 6.42 Å². The van der Waals surface area contributed by atoms with Crippen LogP contribution in [0.2, 0.25) is 0 Å². The summed E-state index contributed by atoms with van der Waals surface area (Å²) in [4.78, 5) is 25.1. The Balaban J connectivity index is 1.91. The lowest BCUT2D eigenvalue weighted by Gasteiger charge is -2.40. The van der Waals surface area contributed by atoms with Gasteiger partial charge >= 0.3 is 12.0 Å². The van der Waals surface area contributed by atoms with Gasteiger partial charge in [-0.1, -0.05) is 30.3 Å². The number of nitrogens with one attached hydrogen (secondary N) is 1. The summed E-state index contributed by atoms with van der Waals surface area (Å²) < 4.78 is 6.55. The van der Waals surface area contributed by atoms with Gasteiger partial charge in [-0.2, -0.15) is 5.10 Å². The van der Waals surface area contributed by atoms with Crippen LogP contribution < -0.4 is 16.1 Å². The minimum Gasteiger partial charge on any atom is -0.462 e.